The molecule has 0 radical (unpaired) electrons. The maximum atomic E-state index is 13.1. The first-order valence-electron chi connectivity index (χ1n) is 6.17. The van der Waals surface area contributed by atoms with E-state index in [1.165, 1.54) is 16.8 Å². The fraction of sp³-hybridized carbons (Fsp3) is 0.286. The quantitative estimate of drug-likeness (QED) is 0.864. The molecule has 0 aliphatic rings. The smallest absolute Gasteiger partial charge is 0.389 e. The summed E-state index contributed by atoms with van der Waals surface area (Å²) in [5.41, 5.74) is 7.19. The Hall–Kier alpha value is -1.89. The van der Waals surface area contributed by atoms with Gasteiger partial charge in [0, 0.05) is 11.3 Å². The highest BCUT2D eigenvalue weighted by molar-refractivity contribution is 7.80. The molecule has 0 fully saturated rings. The van der Waals surface area contributed by atoms with Gasteiger partial charge in [-0.1, -0.05) is 12.2 Å². The summed E-state index contributed by atoms with van der Waals surface area (Å²) < 4.78 is 40.9. The SMILES string of the molecule is Cc1nn(-c2ccc(C(N)=S)c(C(F)(F)F)c2)c(C)c1C. The van der Waals surface area contributed by atoms with E-state index in [1.54, 1.807) is 0 Å². The minimum atomic E-state index is -4.53. The number of rotatable bonds is 2. The van der Waals surface area contributed by atoms with Gasteiger partial charge in [-0.05, 0) is 44.5 Å². The molecule has 112 valence electrons. The molecular formula is C14H14F3N3S. The van der Waals surface area contributed by atoms with Gasteiger partial charge in [0.25, 0.3) is 0 Å². The van der Waals surface area contributed by atoms with Crippen LogP contribution in [0, 0.1) is 20.8 Å². The minimum absolute atomic E-state index is 0.181. The van der Waals surface area contributed by atoms with Crippen LogP contribution in [0.15, 0.2) is 18.2 Å². The second-order valence-electron chi connectivity index (χ2n) is 4.80. The van der Waals surface area contributed by atoms with Crippen molar-refractivity contribution in [3.05, 3.63) is 46.3 Å². The number of hydrogen-bond acceptors (Lipinski definition) is 2. The number of halogens is 3. The topological polar surface area (TPSA) is 43.8 Å². The molecule has 7 heteroatoms. The molecule has 2 N–H and O–H groups in total. The average molecular weight is 313 g/mol. The summed E-state index contributed by atoms with van der Waals surface area (Å²) in [6, 6.07) is 3.84. The third-order valence-corrected chi connectivity index (χ3v) is 3.69. The number of nitrogens with zero attached hydrogens (tertiary/aromatic N) is 2. The van der Waals surface area contributed by atoms with Crippen LogP contribution < -0.4 is 5.73 Å². The highest BCUT2D eigenvalue weighted by Gasteiger charge is 2.34. The Balaban J connectivity index is 2.67. The fourth-order valence-corrected chi connectivity index (χ4v) is 2.26. The molecule has 0 atom stereocenters. The van der Waals surface area contributed by atoms with Crippen molar-refractivity contribution in [1.82, 2.24) is 9.78 Å². The van der Waals surface area contributed by atoms with Gasteiger partial charge in [0.05, 0.1) is 16.9 Å². The molecule has 2 aromatic rings. The molecule has 1 aromatic heterocycles. The van der Waals surface area contributed by atoms with Crippen LogP contribution in [0.5, 0.6) is 0 Å². The van der Waals surface area contributed by atoms with Crippen molar-refractivity contribution >= 4 is 17.2 Å². The van der Waals surface area contributed by atoms with Gasteiger partial charge in [-0.3, -0.25) is 0 Å². The Morgan fingerprint density at radius 2 is 1.86 bits per heavy atom. The minimum Gasteiger partial charge on any atom is -0.389 e. The monoisotopic (exact) mass is 313 g/mol. The number of nitrogens with two attached hydrogens (primary N) is 1. The number of aromatic nitrogens is 2. The van der Waals surface area contributed by atoms with Crippen molar-refractivity contribution in [1.29, 1.82) is 0 Å². The number of thiocarbonyl (C=S) groups is 1. The normalized spacial score (nSPS) is 11.7. The Labute approximate surface area is 125 Å². The molecule has 3 nitrogen and oxygen atoms in total. The highest BCUT2D eigenvalue weighted by Crippen LogP contribution is 2.33. The summed E-state index contributed by atoms with van der Waals surface area (Å²) in [5, 5.41) is 4.26. The van der Waals surface area contributed by atoms with Crippen molar-refractivity contribution < 1.29 is 13.2 Å². The van der Waals surface area contributed by atoms with E-state index in [2.05, 4.69) is 17.3 Å². The molecule has 0 saturated heterocycles. The average Bonchev–Trinajstić information content (AvgIpc) is 2.65. The van der Waals surface area contributed by atoms with Crippen LogP contribution >= 0.6 is 12.2 Å². The van der Waals surface area contributed by atoms with Gasteiger partial charge < -0.3 is 5.73 Å². The summed E-state index contributed by atoms with van der Waals surface area (Å²) in [4.78, 5) is -0.279. The van der Waals surface area contributed by atoms with Crippen LogP contribution in [0.3, 0.4) is 0 Å². The maximum Gasteiger partial charge on any atom is 0.417 e. The van der Waals surface area contributed by atoms with E-state index in [9.17, 15) is 13.2 Å². The lowest BCUT2D eigenvalue weighted by molar-refractivity contribution is -0.137. The van der Waals surface area contributed by atoms with Crippen molar-refractivity contribution in [2.75, 3.05) is 0 Å². The number of benzene rings is 1. The Bertz CT molecular complexity index is 717. The molecule has 0 unspecified atom stereocenters. The van der Waals surface area contributed by atoms with Crippen molar-refractivity contribution in [2.45, 2.75) is 26.9 Å². The lowest BCUT2D eigenvalue weighted by Crippen LogP contribution is -2.18. The summed E-state index contributed by atoms with van der Waals surface area (Å²) in [7, 11) is 0. The molecule has 0 spiro atoms. The zero-order chi connectivity index (χ0) is 15.9. The Morgan fingerprint density at radius 3 is 2.29 bits per heavy atom. The Morgan fingerprint density at radius 1 is 1.24 bits per heavy atom. The summed E-state index contributed by atoms with van der Waals surface area (Å²) in [6.45, 7) is 5.50. The molecule has 2 rings (SSSR count). The van der Waals surface area contributed by atoms with Crippen molar-refractivity contribution in [3.8, 4) is 5.69 Å². The lowest BCUT2D eigenvalue weighted by Gasteiger charge is -2.14. The summed E-state index contributed by atoms with van der Waals surface area (Å²) in [5.74, 6) is 0. The fourth-order valence-electron chi connectivity index (χ4n) is 2.09. The first-order valence-corrected chi connectivity index (χ1v) is 6.58. The molecule has 0 bridgehead atoms. The van der Waals surface area contributed by atoms with Gasteiger partial charge in [-0.15, -0.1) is 0 Å². The van der Waals surface area contributed by atoms with E-state index in [-0.39, 0.29) is 10.6 Å². The number of hydrogen-bond donors (Lipinski definition) is 1. The van der Waals surface area contributed by atoms with Crippen LogP contribution in [0.1, 0.15) is 28.1 Å². The van der Waals surface area contributed by atoms with Gasteiger partial charge in [0.1, 0.15) is 4.99 Å². The van der Waals surface area contributed by atoms with Gasteiger partial charge in [-0.25, -0.2) is 4.68 Å². The van der Waals surface area contributed by atoms with E-state index in [1.807, 2.05) is 20.8 Å². The highest BCUT2D eigenvalue weighted by atomic mass is 32.1. The predicted molar refractivity (Wildman–Crippen MR) is 78.7 cm³/mol. The predicted octanol–water partition coefficient (Wildman–Crippen LogP) is 3.45. The van der Waals surface area contributed by atoms with E-state index in [0.29, 0.717) is 5.69 Å². The van der Waals surface area contributed by atoms with E-state index in [0.717, 1.165) is 23.0 Å². The molecule has 0 saturated carbocycles. The maximum absolute atomic E-state index is 13.1. The van der Waals surface area contributed by atoms with Crippen LogP contribution in [-0.4, -0.2) is 14.8 Å². The first kappa shape index (κ1) is 15.5. The zero-order valence-corrected chi connectivity index (χ0v) is 12.6. The van der Waals surface area contributed by atoms with E-state index < -0.39 is 11.7 Å². The standard InChI is InChI=1S/C14H14F3N3S/c1-7-8(2)19-20(9(7)3)10-4-5-11(13(18)21)12(6-10)14(15,16)17/h4-6H,1-3H3,(H2,18,21). The van der Waals surface area contributed by atoms with Gasteiger partial charge in [0.15, 0.2) is 0 Å². The molecule has 1 aromatic carbocycles. The molecule has 0 aliphatic heterocycles. The molecule has 0 amide bonds. The summed E-state index contributed by atoms with van der Waals surface area (Å²) >= 11 is 4.68. The zero-order valence-electron chi connectivity index (χ0n) is 11.7. The van der Waals surface area contributed by atoms with Crippen LogP contribution in [0.4, 0.5) is 13.2 Å². The largest absolute Gasteiger partial charge is 0.417 e. The molecular weight excluding hydrogens is 299 g/mol. The van der Waals surface area contributed by atoms with Gasteiger partial charge in [0.2, 0.25) is 0 Å². The lowest BCUT2D eigenvalue weighted by atomic mass is 10.1. The van der Waals surface area contributed by atoms with E-state index in [4.69, 9.17) is 5.73 Å². The van der Waals surface area contributed by atoms with Crippen LogP contribution in [-0.2, 0) is 6.18 Å². The van der Waals surface area contributed by atoms with Gasteiger partial charge in [-0.2, -0.15) is 18.3 Å². The number of aryl methyl sites for hydroxylation is 1. The third kappa shape index (κ3) is 2.78. The molecule has 0 aliphatic carbocycles. The Kier molecular flexibility index (Phi) is 3.79. The molecule has 21 heavy (non-hydrogen) atoms. The van der Waals surface area contributed by atoms with Gasteiger partial charge >= 0.3 is 6.18 Å². The first-order chi connectivity index (χ1) is 9.62. The molecule has 1 heterocycles. The van der Waals surface area contributed by atoms with Crippen molar-refractivity contribution in [2.24, 2.45) is 5.73 Å². The number of alkyl halides is 3. The second kappa shape index (κ2) is 5.14. The third-order valence-electron chi connectivity index (χ3n) is 3.47. The van der Waals surface area contributed by atoms with Crippen LogP contribution in [0.2, 0.25) is 0 Å². The van der Waals surface area contributed by atoms with Crippen LogP contribution in [0.25, 0.3) is 5.69 Å². The second-order valence-corrected chi connectivity index (χ2v) is 5.24. The van der Waals surface area contributed by atoms with Crippen molar-refractivity contribution in [3.63, 3.8) is 0 Å². The van der Waals surface area contributed by atoms with E-state index >= 15 is 0 Å². The summed E-state index contributed by atoms with van der Waals surface area (Å²) in [6.07, 6.45) is -4.53.